The zero-order chi connectivity index (χ0) is 14.5. The van der Waals surface area contributed by atoms with E-state index in [4.69, 9.17) is 15.3 Å². The number of hydrogen-bond acceptors (Lipinski definition) is 5. The van der Waals surface area contributed by atoms with Gasteiger partial charge in [0.25, 0.3) is 0 Å². The first kappa shape index (κ1) is 16.0. The summed E-state index contributed by atoms with van der Waals surface area (Å²) in [4.78, 5) is 43.1. The van der Waals surface area contributed by atoms with Gasteiger partial charge in [0.15, 0.2) is 5.60 Å². The summed E-state index contributed by atoms with van der Waals surface area (Å²) in [6.45, 7) is 1.18. The van der Waals surface area contributed by atoms with Crippen LogP contribution >= 0.6 is 0 Å². The number of carbonyl (C=O) groups is 4. The molecule has 18 heavy (non-hydrogen) atoms. The summed E-state index contributed by atoms with van der Waals surface area (Å²) in [5.41, 5.74) is -2.94. The third-order valence-electron chi connectivity index (χ3n) is 2.45. The lowest BCUT2D eigenvalue weighted by molar-refractivity contribution is -0.179. The van der Waals surface area contributed by atoms with Crippen LogP contribution in [0.5, 0.6) is 0 Å². The lowest BCUT2D eigenvalue weighted by Gasteiger charge is -2.27. The Hall–Kier alpha value is -1.96. The maximum Gasteiger partial charge on any atom is 0.337 e. The van der Waals surface area contributed by atoms with Crippen LogP contribution in [0.15, 0.2) is 0 Å². The molecule has 0 spiro atoms. The van der Waals surface area contributed by atoms with E-state index >= 15 is 0 Å². The van der Waals surface area contributed by atoms with Crippen LogP contribution < -0.4 is 0 Å². The molecule has 0 saturated heterocycles. The van der Waals surface area contributed by atoms with Gasteiger partial charge in [-0.05, 0) is 13.3 Å². The average Bonchev–Trinajstić information content (AvgIpc) is 2.14. The van der Waals surface area contributed by atoms with Crippen molar-refractivity contribution >= 4 is 23.7 Å². The molecule has 8 heteroatoms. The Balaban J connectivity index is 5.22. The molecule has 2 atom stereocenters. The predicted molar refractivity (Wildman–Crippen MR) is 55.9 cm³/mol. The highest BCUT2D eigenvalue weighted by atomic mass is 16.4. The van der Waals surface area contributed by atoms with E-state index in [1.165, 1.54) is 6.92 Å². The maximum absolute atomic E-state index is 10.9. The van der Waals surface area contributed by atoms with Crippen LogP contribution in [0.2, 0.25) is 0 Å². The van der Waals surface area contributed by atoms with Gasteiger partial charge in [-0.25, -0.2) is 4.79 Å². The number of aliphatic hydroxyl groups is 1. The zero-order valence-corrected chi connectivity index (χ0v) is 9.62. The van der Waals surface area contributed by atoms with E-state index in [2.05, 4.69) is 0 Å². The molecule has 0 aliphatic heterocycles. The number of hydrogen-bond donors (Lipinski definition) is 4. The van der Waals surface area contributed by atoms with Gasteiger partial charge >= 0.3 is 17.9 Å². The molecule has 0 bridgehead atoms. The van der Waals surface area contributed by atoms with Crippen LogP contribution in [0.25, 0.3) is 0 Å². The molecule has 0 fully saturated rings. The Kier molecular flexibility index (Phi) is 5.44. The second kappa shape index (κ2) is 6.10. The summed E-state index contributed by atoms with van der Waals surface area (Å²) in [6.07, 6.45) is -1.95. The largest absolute Gasteiger partial charge is 0.481 e. The molecular weight excluding hydrogens is 248 g/mol. The van der Waals surface area contributed by atoms with Gasteiger partial charge in [0.2, 0.25) is 0 Å². The van der Waals surface area contributed by atoms with E-state index < -0.39 is 42.3 Å². The summed E-state index contributed by atoms with van der Waals surface area (Å²) in [7, 11) is 0. The van der Waals surface area contributed by atoms with Crippen LogP contribution in [-0.4, -0.2) is 49.7 Å². The SMILES string of the molecule is CC(=O)CCC(C(=O)O)C(O)(CC(=O)O)C(=O)O. The molecule has 0 aliphatic rings. The number of rotatable bonds is 8. The third kappa shape index (κ3) is 4.13. The average molecular weight is 262 g/mol. The lowest BCUT2D eigenvalue weighted by Crippen LogP contribution is -2.50. The van der Waals surface area contributed by atoms with Crippen molar-refractivity contribution < 1.29 is 39.6 Å². The van der Waals surface area contributed by atoms with Gasteiger partial charge in [0, 0.05) is 6.42 Å². The minimum atomic E-state index is -2.94. The summed E-state index contributed by atoms with van der Waals surface area (Å²) in [6, 6.07) is 0. The molecule has 0 radical (unpaired) electrons. The standard InChI is InChI=1S/C10H14O8/c1-5(11)2-3-6(8(14)15)10(18,9(16)17)4-7(12)13/h6,18H,2-4H2,1H3,(H,12,13)(H,14,15)(H,16,17). The number of carboxylic acids is 3. The number of ketones is 1. The smallest absolute Gasteiger partial charge is 0.337 e. The fraction of sp³-hybridized carbons (Fsp3) is 0.600. The Morgan fingerprint density at radius 3 is 1.89 bits per heavy atom. The van der Waals surface area contributed by atoms with E-state index in [0.717, 1.165) is 0 Å². The Labute approximate surface area is 102 Å². The molecule has 0 amide bonds. The highest BCUT2D eigenvalue weighted by Crippen LogP contribution is 2.27. The van der Waals surface area contributed by atoms with E-state index in [9.17, 15) is 24.3 Å². The van der Waals surface area contributed by atoms with Gasteiger partial charge in [-0.1, -0.05) is 0 Å². The molecule has 102 valence electrons. The van der Waals surface area contributed by atoms with Gasteiger partial charge in [-0.15, -0.1) is 0 Å². The third-order valence-corrected chi connectivity index (χ3v) is 2.45. The van der Waals surface area contributed by atoms with Gasteiger partial charge in [0.05, 0.1) is 12.3 Å². The normalized spacial score (nSPS) is 15.4. The van der Waals surface area contributed by atoms with Crippen LogP contribution in [0, 0.1) is 5.92 Å². The van der Waals surface area contributed by atoms with Crippen molar-refractivity contribution in [2.75, 3.05) is 0 Å². The van der Waals surface area contributed by atoms with Crippen molar-refractivity contribution in [3.63, 3.8) is 0 Å². The van der Waals surface area contributed by atoms with Crippen molar-refractivity contribution in [3.05, 3.63) is 0 Å². The summed E-state index contributed by atoms with van der Waals surface area (Å²) < 4.78 is 0. The molecular formula is C10H14O8. The molecule has 0 aromatic heterocycles. The summed E-state index contributed by atoms with van der Waals surface area (Å²) in [5.74, 6) is -7.50. The highest BCUT2D eigenvalue weighted by Gasteiger charge is 2.49. The van der Waals surface area contributed by atoms with Crippen LogP contribution in [0.3, 0.4) is 0 Å². The second-order valence-electron chi connectivity index (χ2n) is 3.93. The molecule has 8 nitrogen and oxygen atoms in total. The number of carboxylic acid groups (broad SMARTS) is 3. The van der Waals surface area contributed by atoms with Crippen LogP contribution in [0.1, 0.15) is 26.2 Å². The van der Waals surface area contributed by atoms with E-state index in [0.29, 0.717) is 0 Å². The van der Waals surface area contributed by atoms with Crippen molar-refractivity contribution in [3.8, 4) is 0 Å². The Morgan fingerprint density at radius 2 is 1.61 bits per heavy atom. The van der Waals surface area contributed by atoms with E-state index in [1.54, 1.807) is 0 Å². The summed E-state index contributed by atoms with van der Waals surface area (Å²) >= 11 is 0. The van der Waals surface area contributed by atoms with Gasteiger partial charge in [-0.3, -0.25) is 9.59 Å². The Bertz CT molecular complexity index is 374. The first-order valence-electron chi connectivity index (χ1n) is 5.01. The quantitative estimate of drug-likeness (QED) is 0.450. The van der Waals surface area contributed by atoms with Gasteiger partial charge in [0.1, 0.15) is 5.78 Å². The van der Waals surface area contributed by atoms with Crippen LogP contribution in [0.4, 0.5) is 0 Å². The molecule has 0 heterocycles. The number of aliphatic carboxylic acids is 3. The second-order valence-corrected chi connectivity index (χ2v) is 3.93. The topological polar surface area (TPSA) is 149 Å². The maximum atomic E-state index is 10.9. The molecule has 0 aromatic carbocycles. The zero-order valence-electron chi connectivity index (χ0n) is 9.62. The molecule has 0 saturated carbocycles. The number of carbonyl (C=O) groups excluding carboxylic acids is 1. The first-order chi connectivity index (χ1) is 8.11. The Morgan fingerprint density at radius 1 is 1.11 bits per heavy atom. The predicted octanol–water partition coefficient (Wildman–Crippen LogP) is -0.653. The monoisotopic (exact) mass is 262 g/mol. The van der Waals surface area contributed by atoms with E-state index in [1.807, 2.05) is 0 Å². The minimum Gasteiger partial charge on any atom is -0.481 e. The van der Waals surface area contributed by atoms with Crippen LogP contribution in [-0.2, 0) is 19.2 Å². The van der Waals surface area contributed by atoms with Crippen molar-refractivity contribution in [1.82, 2.24) is 0 Å². The lowest BCUT2D eigenvalue weighted by atomic mass is 9.81. The molecule has 2 unspecified atom stereocenters. The molecule has 4 N–H and O–H groups in total. The van der Waals surface area contributed by atoms with Crippen molar-refractivity contribution in [1.29, 1.82) is 0 Å². The van der Waals surface area contributed by atoms with Gasteiger partial charge in [-0.2, -0.15) is 0 Å². The van der Waals surface area contributed by atoms with Crippen molar-refractivity contribution in [2.45, 2.75) is 31.8 Å². The summed E-state index contributed by atoms with van der Waals surface area (Å²) in [5, 5.41) is 35.9. The molecule has 0 aromatic rings. The van der Waals surface area contributed by atoms with Crippen molar-refractivity contribution in [2.24, 2.45) is 5.92 Å². The minimum absolute atomic E-state index is 0.258. The molecule has 0 rings (SSSR count). The van der Waals surface area contributed by atoms with E-state index in [-0.39, 0.29) is 12.2 Å². The fourth-order valence-corrected chi connectivity index (χ4v) is 1.49. The number of Topliss-reactive ketones (excluding diaryl/α,β-unsaturated/α-hetero) is 1. The molecule has 0 aliphatic carbocycles. The first-order valence-corrected chi connectivity index (χ1v) is 5.01. The van der Waals surface area contributed by atoms with Gasteiger partial charge < -0.3 is 25.2 Å². The highest BCUT2D eigenvalue weighted by molar-refractivity contribution is 5.90. The fourth-order valence-electron chi connectivity index (χ4n) is 1.49.